The fourth-order valence-electron chi connectivity index (χ4n) is 2.26. The molecule has 1 fully saturated rings. The molecule has 0 aliphatic carbocycles. The molecule has 18 heavy (non-hydrogen) atoms. The van der Waals surface area contributed by atoms with Crippen LogP contribution in [0.4, 0.5) is 0 Å². The molecule has 1 rings (SSSR count). The van der Waals surface area contributed by atoms with Crippen LogP contribution in [0.5, 0.6) is 0 Å². The molecule has 104 valence electrons. The molecule has 5 nitrogen and oxygen atoms in total. The molecule has 1 aliphatic heterocycles. The van der Waals surface area contributed by atoms with Gasteiger partial charge in [0.15, 0.2) is 0 Å². The van der Waals surface area contributed by atoms with E-state index in [1.165, 1.54) is 0 Å². The van der Waals surface area contributed by atoms with Crippen LogP contribution in [-0.2, 0) is 9.59 Å². The van der Waals surface area contributed by atoms with Crippen LogP contribution in [0.15, 0.2) is 0 Å². The maximum atomic E-state index is 11.7. The third kappa shape index (κ3) is 5.49. The zero-order chi connectivity index (χ0) is 13.5. The maximum absolute atomic E-state index is 11.7. The molecular weight excluding hydrogens is 232 g/mol. The number of carboxylic acids is 1. The van der Waals surface area contributed by atoms with Crippen molar-refractivity contribution in [2.75, 3.05) is 13.1 Å². The minimum Gasteiger partial charge on any atom is -0.480 e. The molecule has 0 spiro atoms. The number of amides is 1. The minimum atomic E-state index is -0.945. The highest BCUT2D eigenvalue weighted by atomic mass is 16.4. The first-order chi connectivity index (χ1) is 8.49. The van der Waals surface area contributed by atoms with Gasteiger partial charge in [-0.3, -0.25) is 4.79 Å². The molecule has 5 heteroatoms. The fourth-order valence-corrected chi connectivity index (χ4v) is 2.26. The standard InChI is InChI=1S/C13H24N2O3/c1-9(2)7-11(13(17)18)15-12(16)4-3-10-5-6-14-8-10/h9-11,14H,3-8H2,1-2H3,(H,15,16)(H,17,18)/t10?,11-/m0/s1. The molecule has 2 atom stereocenters. The summed E-state index contributed by atoms with van der Waals surface area (Å²) in [6.45, 7) is 5.90. The van der Waals surface area contributed by atoms with E-state index in [0.717, 1.165) is 25.9 Å². The average molecular weight is 256 g/mol. The lowest BCUT2D eigenvalue weighted by atomic mass is 10.0. The number of rotatable bonds is 7. The second kappa shape index (κ2) is 7.36. The van der Waals surface area contributed by atoms with Crippen LogP contribution in [0.3, 0.4) is 0 Å². The smallest absolute Gasteiger partial charge is 0.326 e. The van der Waals surface area contributed by atoms with Gasteiger partial charge in [-0.05, 0) is 44.2 Å². The van der Waals surface area contributed by atoms with Gasteiger partial charge in [0, 0.05) is 6.42 Å². The summed E-state index contributed by atoms with van der Waals surface area (Å²) in [6.07, 6.45) is 2.86. The summed E-state index contributed by atoms with van der Waals surface area (Å²) in [5, 5.41) is 14.9. The highest BCUT2D eigenvalue weighted by molar-refractivity contribution is 5.83. The largest absolute Gasteiger partial charge is 0.480 e. The molecule has 0 radical (unpaired) electrons. The number of carboxylic acid groups (broad SMARTS) is 1. The van der Waals surface area contributed by atoms with Crippen molar-refractivity contribution in [3.05, 3.63) is 0 Å². The Kier molecular flexibility index (Phi) is 6.12. The summed E-state index contributed by atoms with van der Waals surface area (Å²) in [5.74, 6) is -0.274. The zero-order valence-corrected chi connectivity index (χ0v) is 11.2. The van der Waals surface area contributed by atoms with Crippen LogP contribution in [0, 0.1) is 11.8 Å². The van der Waals surface area contributed by atoms with Gasteiger partial charge in [0.2, 0.25) is 5.91 Å². The van der Waals surface area contributed by atoms with Gasteiger partial charge in [0.25, 0.3) is 0 Å². The molecule has 1 unspecified atom stereocenters. The van der Waals surface area contributed by atoms with E-state index in [9.17, 15) is 9.59 Å². The third-order valence-electron chi connectivity index (χ3n) is 3.28. The molecule has 1 amide bonds. The van der Waals surface area contributed by atoms with Crippen molar-refractivity contribution in [3.63, 3.8) is 0 Å². The molecule has 0 aromatic heterocycles. The summed E-state index contributed by atoms with van der Waals surface area (Å²) in [6, 6.07) is -0.751. The fraction of sp³-hybridized carbons (Fsp3) is 0.846. The van der Waals surface area contributed by atoms with E-state index in [2.05, 4.69) is 10.6 Å². The molecule has 3 N–H and O–H groups in total. The van der Waals surface area contributed by atoms with Crippen LogP contribution in [0.25, 0.3) is 0 Å². The van der Waals surface area contributed by atoms with Crippen molar-refractivity contribution < 1.29 is 14.7 Å². The monoisotopic (exact) mass is 256 g/mol. The predicted molar refractivity (Wildman–Crippen MR) is 69.2 cm³/mol. The number of carbonyl (C=O) groups is 2. The first kappa shape index (κ1) is 15.0. The Morgan fingerprint density at radius 3 is 2.67 bits per heavy atom. The zero-order valence-electron chi connectivity index (χ0n) is 11.2. The lowest BCUT2D eigenvalue weighted by molar-refractivity contribution is -0.142. The van der Waals surface area contributed by atoms with Gasteiger partial charge in [-0.1, -0.05) is 13.8 Å². The SMILES string of the molecule is CC(C)C[C@H](NC(=O)CCC1CCNC1)C(=O)O. The number of nitrogens with one attached hydrogen (secondary N) is 2. The van der Waals surface area contributed by atoms with Crippen molar-refractivity contribution in [3.8, 4) is 0 Å². The highest BCUT2D eigenvalue weighted by Gasteiger charge is 2.22. The van der Waals surface area contributed by atoms with Crippen LogP contribution >= 0.6 is 0 Å². The van der Waals surface area contributed by atoms with Crippen molar-refractivity contribution in [1.82, 2.24) is 10.6 Å². The molecule has 1 heterocycles. The predicted octanol–water partition coefficient (Wildman–Crippen LogP) is 0.992. The van der Waals surface area contributed by atoms with Gasteiger partial charge in [0.1, 0.15) is 6.04 Å². The van der Waals surface area contributed by atoms with E-state index in [1.807, 2.05) is 13.8 Å². The summed E-state index contributed by atoms with van der Waals surface area (Å²) >= 11 is 0. The van der Waals surface area contributed by atoms with Gasteiger partial charge >= 0.3 is 5.97 Å². The van der Waals surface area contributed by atoms with Crippen LogP contribution < -0.4 is 10.6 Å². The van der Waals surface area contributed by atoms with Crippen LogP contribution in [0.2, 0.25) is 0 Å². The Morgan fingerprint density at radius 2 is 2.17 bits per heavy atom. The quantitative estimate of drug-likeness (QED) is 0.635. The molecule has 0 saturated carbocycles. The van der Waals surface area contributed by atoms with E-state index in [0.29, 0.717) is 18.8 Å². The first-order valence-electron chi connectivity index (χ1n) is 6.72. The lowest BCUT2D eigenvalue weighted by Gasteiger charge is -2.17. The van der Waals surface area contributed by atoms with Crippen molar-refractivity contribution >= 4 is 11.9 Å². The summed E-state index contributed by atoms with van der Waals surface area (Å²) in [5.41, 5.74) is 0. The van der Waals surface area contributed by atoms with E-state index in [1.54, 1.807) is 0 Å². The summed E-state index contributed by atoms with van der Waals surface area (Å²) < 4.78 is 0. The maximum Gasteiger partial charge on any atom is 0.326 e. The molecule has 1 saturated heterocycles. The van der Waals surface area contributed by atoms with E-state index >= 15 is 0 Å². The van der Waals surface area contributed by atoms with Gasteiger partial charge in [-0.2, -0.15) is 0 Å². The summed E-state index contributed by atoms with van der Waals surface area (Å²) in [4.78, 5) is 22.7. The van der Waals surface area contributed by atoms with Gasteiger partial charge in [-0.25, -0.2) is 4.79 Å². The van der Waals surface area contributed by atoms with E-state index in [-0.39, 0.29) is 11.8 Å². The second-order valence-electron chi connectivity index (χ2n) is 5.49. The van der Waals surface area contributed by atoms with Crippen LogP contribution in [-0.4, -0.2) is 36.1 Å². The Balaban J connectivity index is 2.29. The molecular formula is C13H24N2O3. The number of hydrogen-bond acceptors (Lipinski definition) is 3. The van der Waals surface area contributed by atoms with Gasteiger partial charge in [-0.15, -0.1) is 0 Å². The Morgan fingerprint density at radius 1 is 1.44 bits per heavy atom. The normalized spacial score (nSPS) is 20.9. The number of carbonyl (C=O) groups excluding carboxylic acids is 1. The second-order valence-corrected chi connectivity index (χ2v) is 5.49. The molecule has 0 aromatic carbocycles. The van der Waals surface area contributed by atoms with Crippen molar-refractivity contribution in [1.29, 1.82) is 0 Å². The van der Waals surface area contributed by atoms with E-state index in [4.69, 9.17) is 5.11 Å². The van der Waals surface area contributed by atoms with Gasteiger partial charge in [0.05, 0.1) is 0 Å². The van der Waals surface area contributed by atoms with Crippen LogP contribution in [0.1, 0.15) is 39.5 Å². The summed E-state index contributed by atoms with van der Waals surface area (Å²) in [7, 11) is 0. The highest BCUT2D eigenvalue weighted by Crippen LogP contribution is 2.14. The van der Waals surface area contributed by atoms with Crippen molar-refractivity contribution in [2.45, 2.75) is 45.6 Å². The topological polar surface area (TPSA) is 78.4 Å². The molecule has 0 bridgehead atoms. The van der Waals surface area contributed by atoms with E-state index < -0.39 is 12.0 Å². The minimum absolute atomic E-state index is 0.144. The lowest BCUT2D eigenvalue weighted by Crippen LogP contribution is -2.41. The van der Waals surface area contributed by atoms with Crippen molar-refractivity contribution in [2.24, 2.45) is 11.8 Å². The molecule has 0 aromatic rings. The Labute approximate surface area is 108 Å². The van der Waals surface area contributed by atoms with Gasteiger partial charge < -0.3 is 15.7 Å². The average Bonchev–Trinajstić information content (AvgIpc) is 2.77. The Hall–Kier alpha value is -1.10. The molecule has 1 aliphatic rings. The number of hydrogen-bond donors (Lipinski definition) is 3. The Bertz CT molecular complexity index is 286. The first-order valence-corrected chi connectivity index (χ1v) is 6.72. The third-order valence-corrected chi connectivity index (χ3v) is 3.28. The number of aliphatic carboxylic acids is 1.